The third kappa shape index (κ3) is 5.43. The Bertz CT molecular complexity index is 645. The molecule has 1 aromatic heterocycles. The number of rotatable bonds is 5. The van der Waals surface area contributed by atoms with E-state index in [0.29, 0.717) is 5.75 Å². The maximum atomic E-state index is 12.5. The summed E-state index contributed by atoms with van der Waals surface area (Å²) >= 11 is 7.09. The van der Waals surface area contributed by atoms with Gasteiger partial charge in [0.2, 0.25) is 17.2 Å². The molecule has 1 atom stereocenters. The monoisotopic (exact) mass is 363 g/mol. The van der Waals surface area contributed by atoms with Gasteiger partial charge in [0.05, 0.1) is 5.56 Å². The summed E-state index contributed by atoms with van der Waals surface area (Å²) in [6.07, 6.45) is -4.32. The molecule has 0 aliphatic rings. The molecule has 2 rings (SSSR count). The molecule has 1 unspecified atom stereocenters. The van der Waals surface area contributed by atoms with Crippen LogP contribution < -0.4 is 11.1 Å². The summed E-state index contributed by atoms with van der Waals surface area (Å²) < 4.78 is 37.5. The summed E-state index contributed by atoms with van der Waals surface area (Å²) in [4.78, 5) is 12.2. The molecule has 2 aromatic rings. The van der Waals surface area contributed by atoms with Crippen molar-refractivity contribution in [2.24, 2.45) is 0 Å². The minimum absolute atomic E-state index is 0.00934. The van der Waals surface area contributed by atoms with E-state index in [1.807, 2.05) is 6.92 Å². The van der Waals surface area contributed by atoms with Gasteiger partial charge in [0.25, 0.3) is 0 Å². The number of nitrogens with two attached hydrogens (primary N) is 1. The Morgan fingerprint density at radius 3 is 2.43 bits per heavy atom. The summed E-state index contributed by atoms with van der Waals surface area (Å²) in [5.74, 6) is 0.854. The van der Waals surface area contributed by atoms with Crippen molar-refractivity contribution in [3.05, 3.63) is 35.1 Å². The van der Waals surface area contributed by atoms with E-state index in [1.54, 1.807) is 0 Å². The van der Waals surface area contributed by atoms with Crippen LogP contribution in [0.15, 0.2) is 29.2 Å². The SMILES string of the molecule is CC(CSc1ccc(C(F)(F)F)cc1)Nc1nc(N)nc(Cl)n1. The van der Waals surface area contributed by atoms with Gasteiger partial charge in [-0.15, -0.1) is 11.8 Å². The first-order valence-electron chi connectivity index (χ1n) is 6.47. The lowest BCUT2D eigenvalue weighted by molar-refractivity contribution is -0.137. The molecule has 10 heteroatoms. The van der Waals surface area contributed by atoms with Gasteiger partial charge in [0, 0.05) is 16.7 Å². The van der Waals surface area contributed by atoms with Gasteiger partial charge >= 0.3 is 6.18 Å². The number of nitrogens with one attached hydrogen (secondary N) is 1. The predicted molar refractivity (Wildman–Crippen MR) is 84.5 cm³/mol. The zero-order chi connectivity index (χ0) is 17.0. The first-order chi connectivity index (χ1) is 10.7. The number of hydrogen-bond acceptors (Lipinski definition) is 6. The van der Waals surface area contributed by atoms with Crippen molar-refractivity contribution in [3.63, 3.8) is 0 Å². The fourth-order valence-corrected chi connectivity index (χ4v) is 2.67. The van der Waals surface area contributed by atoms with E-state index in [4.69, 9.17) is 17.3 Å². The number of halogens is 4. The molecule has 0 saturated heterocycles. The van der Waals surface area contributed by atoms with Crippen molar-refractivity contribution in [1.29, 1.82) is 0 Å². The number of thioether (sulfide) groups is 1. The smallest absolute Gasteiger partial charge is 0.368 e. The molecule has 1 aromatic carbocycles. The van der Waals surface area contributed by atoms with E-state index in [9.17, 15) is 13.2 Å². The van der Waals surface area contributed by atoms with Crippen LogP contribution in [0.1, 0.15) is 12.5 Å². The van der Waals surface area contributed by atoms with Crippen LogP contribution in [-0.2, 0) is 6.18 Å². The molecule has 124 valence electrons. The highest BCUT2D eigenvalue weighted by Crippen LogP contribution is 2.30. The average Bonchev–Trinajstić information content (AvgIpc) is 2.43. The molecule has 0 radical (unpaired) electrons. The van der Waals surface area contributed by atoms with Crippen LogP contribution in [0.2, 0.25) is 5.28 Å². The van der Waals surface area contributed by atoms with Crippen molar-refractivity contribution in [2.75, 3.05) is 16.8 Å². The molecule has 0 aliphatic heterocycles. The molecular weight excluding hydrogens is 351 g/mol. The van der Waals surface area contributed by atoms with Crippen LogP contribution >= 0.6 is 23.4 Å². The Hall–Kier alpha value is -1.74. The second-order valence-electron chi connectivity index (χ2n) is 4.66. The van der Waals surface area contributed by atoms with Gasteiger partial charge in [-0.3, -0.25) is 0 Å². The van der Waals surface area contributed by atoms with Gasteiger partial charge in [-0.25, -0.2) is 0 Å². The zero-order valence-corrected chi connectivity index (χ0v) is 13.5. The second-order valence-corrected chi connectivity index (χ2v) is 6.10. The molecule has 1 heterocycles. The quantitative estimate of drug-likeness (QED) is 0.788. The topological polar surface area (TPSA) is 76.7 Å². The Kier molecular flexibility index (Phi) is 5.53. The van der Waals surface area contributed by atoms with Gasteiger partial charge < -0.3 is 11.1 Å². The van der Waals surface area contributed by atoms with E-state index >= 15 is 0 Å². The number of alkyl halides is 3. The Balaban J connectivity index is 1.90. The number of aromatic nitrogens is 3. The number of nitrogen functional groups attached to an aromatic ring is 1. The van der Waals surface area contributed by atoms with Gasteiger partial charge in [-0.1, -0.05) is 0 Å². The van der Waals surface area contributed by atoms with Gasteiger partial charge in [0.1, 0.15) is 0 Å². The van der Waals surface area contributed by atoms with E-state index in [1.165, 1.54) is 23.9 Å². The lowest BCUT2D eigenvalue weighted by Crippen LogP contribution is -2.20. The Morgan fingerprint density at radius 2 is 1.87 bits per heavy atom. The van der Waals surface area contributed by atoms with Crippen molar-refractivity contribution < 1.29 is 13.2 Å². The maximum Gasteiger partial charge on any atom is 0.416 e. The van der Waals surface area contributed by atoms with Crippen LogP contribution in [0.5, 0.6) is 0 Å². The molecule has 23 heavy (non-hydrogen) atoms. The summed E-state index contributed by atoms with van der Waals surface area (Å²) in [7, 11) is 0. The summed E-state index contributed by atoms with van der Waals surface area (Å²) in [6, 6.07) is 4.95. The van der Waals surface area contributed by atoms with Crippen LogP contribution in [0, 0.1) is 0 Å². The maximum absolute atomic E-state index is 12.5. The van der Waals surface area contributed by atoms with E-state index < -0.39 is 11.7 Å². The molecule has 0 amide bonds. The Morgan fingerprint density at radius 1 is 1.22 bits per heavy atom. The standard InChI is InChI=1S/C13H13ClF3N5S/c1-7(19-12-21-10(14)20-11(18)22-12)6-23-9-4-2-8(3-5-9)13(15,16)17/h2-5,7H,6H2,1H3,(H3,18,19,20,21,22). The molecule has 0 aliphatic carbocycles. The fourth-order valence-electron chi connectivity index (χ4n) is 1.65. The van der Waals surface area contributed by atoms with Gasteiger partial charge in [0.15, 0.2) is 0 Å². The lowest BCUT2D eigenvalue weighted by atomic mass is 10.2. The number of nitrogens with zero attached hydrogens (tertiary/aromatic N) is 3. The van der Waals surface area contributed by atoms with Crippen LogP contribution in [0.4, 0.5) is 25.1 Å². The van der Waals surface area contributed by atoms with E-state index in [0.717, 1.165) is 17.0 Å². The summed E-state index contributed by atoms with van der Waals surface area (Å²) in [5.41, 5.74) is 4.80. The van der Waals surface area contributed by atoms with Crippen LogP contribution in [0.3, 0.4) is 0 Å². The molecule has 3 N–H and O–H groups in total. The molecule has 0 fully saturated rings. The van der Waals surface area contributed by atoms with Crippen molar-refractivity contribution in [3.8, 4) is 0 Å². The lowest BCUT2D eigenvalue weighted by Gasteiger charge is -2.14. The third-order valence-corrected chi connectivity index (χ3v) is 4.12. The van der Waals surface area contributed by atoms with Crippen molar-refractivity contribution in [1.82, 2.24) is 15.0 Å². The highest BCUT2D eigenvalue weighted by atomic mass is 35.5. The molecule has 0 spiro atoms. The molecule has 5 nitrogen and oxygen atoms in total. The van der Waals surface area contributed by atoms with Crippen molar-refractivity contribution >= 4 is 35.3 Å². The first-order valence-corrected chi connectivity index (χ1v) is 7.84. The summed E-state index contributed by atoms with van der Waals surface area (Å²) in [5, 5.41) is 2.99. The average molecular weight is 364 g/mol. The van der Waals surface area contributed by atoms with Crippen LogP contribution in [0.25, 0.3) is 0 Å². The fraction of sp³-hybridized carbons (Fsp3) is 0.308. The highest BCUT2D eigenvalue weighted by Gasteiger charge is 2.29. The zero-order valence-electron chi connectivity index (χ0n) is 11.9. The molecular formula is C13H13ClF3N5S. The second kappa shape index (κ2) is 7.22. The molecule has 0 saturated carbocycles. The third-order valence-electron chi connectivity index (χ3n) is 2.68. The summed E-state index contributed by atoms with van der Waals surface area (Å²) in [6.45, 7) is 1.88. The van der Waals surface area contributed by atoms with E-state index in [2.05, 4.69) is 20.3 Å². The molecule has 0 bridgehead atoms. The van der Waals surface area contributed by atoms with E-state index in [-0.39, 0.29) is 23.2 Å². The first kappa shape index (κ1) is 17.6. The largest absolute Gasteiger partial charge is 0.416 e. The normalized spacial score (nSPS) is 12.9. The van der Waals surface area contributed by atoms with Crippen molar-refractivity contribution in [2.45, 2.75) is 24.0 Å². The van der Waals surface area contributed by atoms with Gasteiger partial charge in [-0.05, 0) is 42.8 Å². The number of hydrogen-bond donors (Lipinski definition) is 2. The predicted octanol–water partition coefficient (Wildman–Crippen LogP) is 3.72. The Labute approximate surface area is 139 Å². The minimum Gasteiger partial charge on any atom is -0.368 e. The number of anilines is 2. The van der Waals surface area contributed by atoms with Crippen LogP contribution in [-0.4, -0.2) is 26.7 Å². The minimum atomic E-state index is -4.32. The number of benzene rings is 1. The van der Waals surface area contributed by atoms with Gasteiger partial charge in [-0.2, -0.15) is 28.1 Å². The highest BCUT2D eigenvalue weighted by molar-refractivity contribution is 7.99.